The molecule has 0 bridgehead atoms. The Morgan fingerprint density at radius 1 is 1.30 bits per heavy atom. The van der Waals surface area contributed by atoms with Crippen LogP contribution in [0.5, 0.6) is 0 Å². The molecule has 0 radical (unpaired) electrons. The van der Waals surface area contributed by atoms with Gasteiger partial charge in [-0.1, -0.05) is 29.8 Å². The van der Waals surface area contributed by atoms with Gasteiger partial charge in [0, 0.05) is 22.8 Å². The zero-order valence-electron chi connectivity index (χ0n) is 12.2. The lowest BCUT2D eigenvalue weighted by atomic mass is 10.1. The average Bonchev–Trinajstić information content (AvgIpc) is 2.92. The lowest BCUT2D eigenvalue weighted by Crippen LogP contribution is -2.28. The summed E-state index contributed by atoms with van der Waals surface area (Å²) in [4.78, 5) is 24.6. The monoisotopic (exact) mass is 348 g/mol. The van der Waals surface area contributed by atoms with E-state index >= 15 is 0 Å². The van der Waals surface area contributed by atoms with Crippen LogP contribution in [-0.4, -0.2) is 16.6 Å². The zero-order valence-corrected chi connectivity index (χ0v) is 13.8. The fourth-order valence-corrected chi connectivity index (χ4v) is 3.91. The highest BCUT2D eigenvalue weighted by atomic mass is 35.5. The molecule has 0 aliphatic carbocycles. The summed E-state index contributed by atoms with van der Waals surface area (Å²) >= 11 is 7.62. The normalized spacial score (nSPS) is 17.6. The second kappa shape index (κ2) is 6.22. The number of nitro groups is 1. The highest BCUT2D eigenvalue weighted by molar-refractivity contribution is 8.00. The molecule has 7 heteroatoms. The van der Waals surface area contributed by atoms with Crippen LogP contribution in [0.4, 0.5) is 11.4 Å². The smallest absolute Gasteiger partial charge is 0.269 e. The molecule has 1 heterocycles. The maximum Gasteiger partial charge on any atom is 0.269 e. The lowest BCUT2D eigenvalue weighted by Gasteiger charge is -2.26. The van der Waals surface area contributed by atoms with E-state index in [0.29, 0.717) is 10.8 Å². The third-order valence-corrected chi connectivity index (χ3v) is 5.35. The molecule has 0 saturated carbocycles. The second-order valence-electron chi connectivity index (χ2n) is 5.16. The summed E-state index contributed by atoms with van der Waals surface area (Å²) in [6.07, 6.45) is 0. The molecule has 5 nitrogen and oxygen atoms in total. The van der Waals surface area contributed by atoms with Crippen LogP contribution in [0.2, 0.25) is 5.02 Å². The predicted octanol–water partition coefficient (Wildman–Crippen LogP) is 4.34. The van der Waals surface area contributed by atoms with Crippen LogP contribution in [0.1, 0.15) is 16.5 Å². The van der Waals surface area contributed by atoms with Crippen molar-refractivity contribution in [3.63, 3.8) is 0 Å². The third-order valence-electron chi connectivity index (χ3n) is 3.73. The van der Waals surface area contributed by atoms with Crippen LogP contribution in [0.25, 0.3) is 0 Å². The molecule has 118 valence electrons. The second-order valence-corrected chi connectivity index (χ2v) is 6.64. The predicted molar refractivity (Wildman–Crippen MR) is 92.0 cm³/mol. The van der Waals surface area contributed by atoms with Crippen molar-refractivity contribution in [2.24, 2.45) is 0 Å². The van der Waals surface area contributed by atoms with Gasteiger partial charge in [-0.2, -0.15) is 0 Å². The number of carbonyl (C=O) groups is 1. The van der Waals surface area contributed by atoms with Crippen LogP contribution < -0.4 is 4.90 Å². The number of nitrogens with zero attached hydrogens (tertiary/aromatic N) is 2. The number of benzene rings is 2. The molecule has 2 aromatic rings. The van der Waals surface area contributed by atoms with Gasteiger partial charge in [-0.05, 0) is 30.2 Å². The number of hydrogen-bond acceptors (Lipinski definition) is 4. The minimum atomic E-state index is -0.431. The molecule has 0 spiro atoms. The lowest BCUT2D eigenvalue weighted by molar-refractivity contribution is -0.384. The van der Waals surface area contributed by atoms with E-state index < -0.39 is 4.92 Å². The minimum absolute atomic E-state index is 0.0187. The molecule has 3 rings (SSSR count). The third kappa shape index (κ3) is 2.92. The number of halogens is 1. The van der Waals surface area contributed by atoms with Crippen molar-refractivity contribution in [3.05, 3.63) is 68.7 Å². The van der Waals surface area contributed by atoms with Gasteiger partial charge in [0.1, 0.15) is 5.37 Å². The maximum absolute atomic E-state index is 12.4. The summed E-state index contributed by atoms with van der Waals surface area (Å²) in [5.74, 6) is 0.302. The van der Waals surface area contributed by atoms with E-state index in [0.717, 1.165) is 16.8 Å². The van der Waals surface area contributed by atoms with Gasteiger partial charge in [0.15, 0.2) is 0 Å². The van der Waals surface area contributed by atoms with Crippen LogP contribution in [-0.2, 0) is 4.79 Å². The molecule has 23 heavy (non-hydrogen) atoms. The molecular formula is C16H13ClN2O3S. The number of non-ortho nitro benzene ring substituents is 1. The summed E-state index contributed by atoms with van der Waals surface area (Å²) in [6, 6.07) is 11.8. The van der Waals surface area contributed by atoms with Crippen LogP contribution in [0, 0.1) is 17.0 Å². The molecule has 0 N–H and O–H groups in total. The van der Waals surface area contributed by atoms with Crippen molar-refractivity contribution < 1.29 is 9.72 Å². The first-order valence-electron chi connectivity index (χ1n) is 6.92. The van der Waals surface area contributed by atoms with Crippen molar-refractivity contribution >= 4 is 40.6 Å². The Kier molecular flexibility index (Phi) is 4.28. The standard InChI is InChI=1S/C16H13ClN2O3S/c1-10-13(17)6-3-7-14(10)18-15(20)9-23-16(18)11-4-2-5-12(8-11)19(21)22/h2-8,16H,9H2,1H3. The van der Waals surface area contributed by atoms with Crippen LogP contribution >= 0.6 is 23.4 Å². The molecule has 1 atom stereocenters. The molecule has 1 unspecified atom stereocenters. The van der Waals surface area contributed by atoms with Gasteiger partial charge in [0.05, 0.1) is 10.7 Å². The first kappa shape index (κ1) is 15.8. The fraction of sp³-hybridized carbons (Fsp3) is 0.188. The van der Waals surface area contributed by atoms with Crippen molar-refractivity contribution in [2.45, 2.75) is 12.3 Å². The fourth-order valence-electron chi connectivity index (χ4n) is 2.58. The molecule has 1 amide bonds. The number of nitro benzene ring substituents is 1. The van der Waals surface area contributed by atoms with Crippen LogP contribution in [0.15, 0.2) is 42.5 Å². The first-order valence-corrected chi connectivity index (χ1v) is 8.35. The van der Waals surface area contributed by atoms with E-state index in [2.05, 4.69) is 0 Å². The quantitative estimate of drug-likeness (QED) is 0.611. The Labute approximate surface area is 142 Å². The van der Waals surface area contributed by atoms with Crippen molar-refractivity contribution in [1.82, 2.24) is 0 Å². The van der Waals surface area contributed by atoms with E-state index in [1.54, 1.807) is 29.2 Å². The molecule has 1 fully saturated rings. The first-order chi connectivity index (χ1) is 11.0. The average molecular weight is 349 g/mol. The SMILES string of the molecule is Cc1c(Cl)cccc1N1C(=O)CSC1c1cccc([N+](=O)[O-])c1. The number of carbonyl (C=O) groups excluding carboxylic acids is 1. The topological polar surface area (TPSA) is 63.5 Å². The molecule has 0 aromatic heterocycles. The van der Waals surface area contributed by atoms with Crippen molar-refractivity contribution in [1.29, 1.82) is 0 Å². The van der Waals surface area contributed by atoms with Crippen molar-refractivity contribution in [3.8, 4) is 0 Å². The number of thioether (sulfide) groups is 1. The Morgan fingerprint density at radius 3 is 2.78 bits per heavy atom. The molecule has 1 saturated heterocycles. The van der Waals surface area contributed by atoms with Gasteiger partial charge < -0.3 is 0 Å². The summed E-state index contributed by atoms with van der Waals surface area (Å²) in [5.41, 5.74) is 2.31. The van der Waals surface area contributed by atoms with E-state index in [1.807, 2.05) is 13.0 Å². The van der Waals surface area contributed by atoms with Gasteiger partial charge in [-0.3, -0.25) is 19.8 Å². The van der Waals surface area contributed by atoms with Gasteiger partial charge in [-0.15, -0.1) is 11.8 Å². The largest absolute Gasteiger partial charge is 0.295 e. The van der Waals surface area contributed by atoms with Gasteiger partial charge in [0.25, 0.3) is 5.69 Å². The Bertz CT molecular complexity index is 797. The van der Waals surface area contributed by atoms with Gasteiger partial charge in [0.2, 0.25) is 5.91 Å². The van der Waals surface area contributed by atoms with Crippen molar-refractivity contribution in [2.75, 3.05) is 10.7 Å². The summed E-state index contributed by atoms with van der Waals surface area (Å²) in [7, 11) is 0. The van der Waals surface area contributed by atoms with Gasteiger partial charge in [-0.25, -0.2) is 0 Å². The molecular weight excluding hydrogens is 336 g/mol. The van der Waals surface area contributed by atoms with Gasteiger partial charge >= 0.3 is 0 Å². The number of anilines is 1. The number of hydrogen-bond donors (Lipinski definition) is 0. The zero-order chi connectivity index (χ0) is 16.6. The number of rotatable bonds is 3. The van der Waals surface area contributed by atoms with Crippen LogP contribution in [0.3, 0.4) is 0 Å². The van der Waals surface area contributed by atoms with E-state index in [-0.39, 0.29) is 17.0 Å². The molecule has 2 aromatic carbocycles. The highest BCUT2D eigenvalue weighted by Crippen LogP contribution is 2.44. The molecule has 1 aliphatic rings. The maximum atomic E-state index is 12.4. The summed E-state index contributed by atoms with van der Waals surface area (Å²) < 4.78 is 0. The van der Waals surface area contributed by atoms with E-state index in [9.17, 15) is 14.9 Å². The highest BCUT2D eigenvalue weighted by Gasteiger charge is 2.35. The summed E-state index contributed by atoms with van der Waals surface area (Å²) in [5, 5.41) is 11.3. The van der Waals surface area contributed by atoms with E-state index in [4.69, 9.17) is 11.6 Å². The Hall–Kier alpha value is -2.05. The molecule has 1 aliphatic heterocycles. The van der Waals surface area contributed by atoms with E-state index in [1.165, 1.54) is 23.9 Å². The summed E-state index contributed by atoms with van der Waals surface area (Å²) in [6.45, 7) is 1.86. The number of amides is 1. The minimum Gasteiger partial charge on any atom is -0.295 e. The Morgan fingerprint density at radius 2 is 2.04 bits per heavy atom. The Balaban J connectivity index is 2.05.